The molecule has 4 rings (SSSR count). The van der Waals surface area contributed by atoms with Gasteiger partial charge in [0, 0.05) is 45.8 Å². The molecule has 1 fully saturated rings. The highest BCUT2D eigenvalue weighted by Crippen LogP contribution is 2.23. The van der Waals surface area contributed by atoms with Crippen molar-refractivity contribution in [2.75, 3.05) is 33.0 Å². The van der Waals surface area contributed by atoms with E-state index in [1.165, 1.54) is 0 Å². The van der Waals surface area contributed by atoms with Crippen LogP contribution in [0.4, 0.5) is 0 Å². The zero-order valence-electron chi connectivity index (χ0n) is 15.2. The number of aromatic nitrogens is 3. The molecule has 7 nitrogen and oxygen atoms in total. The number of fused-ring (bicyclic) bond motifs is 1. The van der Waals surface area contributed by atoms with E-state index in [1.807, 2.05) is 45.6 Å². The molecule has 140 valence electrons. The molecule has 0 radical (unpaired) electrons. The van der Waals surface area contributed by atoms with Gasteiger partial charge in [-0.2, -0.15) is 5.10 Å². The molecule has 0 spiro atoms. The lowest BCUT2D eigenvalue weighted by Gasteiger charge is -2.34. The maximum Gasteiger partial charge on any atom is 0.270 e. The molecule has 0 aromatic carbocycles. The molecule has 2 aliphatic heterocycles. The maximum atomic E-state index is 12.9. The number of rotatable bonds is 5. The Hall–Kier alpha value is -2.12. The average molecular weight is 358 g/mol. The number of hydrogen-bond donors (Lipinski definition) is 0. The van der Waals surface area contributed by atoms with E-state index in [2.05, 4.69) is 5.10 Å². The van der Waals surface area contributed by atoms with Crippen molar-refractivity contribution in [2.45, 2.75) is 25.4 Å². The van der Waals surface area contributed by atoms with Crippen molar-refractivity contribution in [3.63, 3.8) is 0 Å². The summed E-state index contributed by atoms with van der Waals surface area (Å²) in [6.45, 7) is 4.19. The molecule has 0 N–H and O–H groups in total. The molecule has 1 amide bonds. The first-order chi connectivity index (χ1) is 12.7. The smallest absolute Gasteiger partial charge is 0.270 e. The Bertz CT molecular complexity index is 748. The van der Waals surface area contributed by atoms with Crippen LogP contribution in [0.25, 0.3) is 0 Å². The Morgan fingerprint density at radius 3 is 2.92 bits per heavy atom. The Balaban J connectivity index is 1.41. The van der Waals surface area contributed by atoms with Crippen molar-refractivity contribution in [2.24, 2.45) is 13.0 Å². The van der Waals surface area contributed by atoms with Crippen LogP contribution in [-0.4, -0.2) is 58.1 Å². The van der Waals surface area contributed by atoms with Gasteiger partial charge < -0.3 is 18.9 Å². The van der Waals surface area contributed by atoms with Crippen LogP contribution in [0.1, 0.15) is 35.1 Å². The fourth-order valence-electron chi connectivity index (χ4n) is 3.79. The molecule has 0 bridgehead atoms. The summed E-state index contributed by atoms with van der Waals surface area (Å²) in [4.78, 5) is 14.8. The molecule has 2 aliphatic rings. The van der Waals surface area contributed by atoms with Crippen molar-refractivity contribution in [1.82, 2.24) is 19.2 Å². The molecule has 26 heavy (non-hydrogen) atoms. The van der Waals surface area contributed by atoms with E-state index in [9.17, 15) is 4.79 Å². The van der Waals surface area contributed by atoms with E-state index in [4.69, 9.17) is 9.47 Å². The van der Waals surface area contributed by atoms with Crippen molar-refractivity contribution < 1.29 is 14.3 Å². The molecule has 1 atom stereocenters. The van der Waals surface area contributed by atoms with Crippen molar-refractivity contribution in [3.8, 4) is 0 Å². The predicted molar refractivity (Wildman–Crippen MR) is 95.8 cm³/mol. The minimum atomic E-state index is 0.0535. The van der Waals surface area contributed by atoms with Crippen LogP contribution in [0.2, 0.25) is 0 Å². The highest BCUT2D eigenvalue weighted by molar-refractivity contribution is 5.92. The lowest BCUT2D eigenvalue weighted by Crippen LogP contribution is -2.43. The van der Waals surface area contributed by atoms with Gasteiger partial charge in [0.25, 0.3) is 5.91 Å². The van der Waals surface area contributed by atoms with Gasteiger partial charge in [-0.3, -0.25) is 9.48 Å². The standard InChI is InChI=1S/C19H26N4O3/c1-21-8-2-3-18(21)19(24)22-11-16-4-7-20-23(16)17(12-22)14-26-13-15-5-9-25-10-6-15/h2-4,7-8,15,17H,5-6,9-14H2,1H3. The lowest BCUT2D eigenvalue weighted by molar-refractivity contribution is 0.00425. The summed E-state index contributed by atoms with van der Waals surface area (Å²) in [5.41, 5.74) is 1.76. The summed E-state index contributed by atoms with van der Waals surface area (Å²) >= 11 is 0. The van der Waals surface area contributed by atoms with Gasteiger partial charge in [0.2, 0.25) is 0 Å². The van der Waals surface area contributed by atoms with Gasteiger partial charge in [-0.15, -0.1) is 0 Å². The Kier molecular flexibility index (Phi) is 5.08. The summed E-state index contributed by atoms with van der Waals surface area (Å²) < 4.78 is 15.3. The van der Waals surface area contributed by atoms with Crippen LogP contribution in [0.5, 0.6) is 0 Å². The molecule has 7 heteroatoms. The summed E-state index contributed by atoms with van der Waals surface area (Å²) in [6, 6.07) is 5.80. The van der Waals surface area contributed by atoms with Gasteiger partial charge in [-0.05, 0) is 37.0 Å². The number of carbonyl (C=O) groups excluding carboxylic acids is 1. The minimum Gasteiger partial charge on any atom is -0.381 e. The molecule has 1 unspecified atom stereocenters. The van der Waals surface area contributed by atoms with Crippen LogP contribution < -0.4 is 0 Å². The second-order valence-corrected chi connectivity index (χ2v) is 7.20. The molecule has 2 aromatic rings. The predicted octanol–water partition coefficient (Wildman–Crippen LogP) is 1.86. The Morgan fingerprint density at radius 1 is 1.31 bits per heavy atom. The van der Waals surface area contributed by atoms with E-state index in [0.29, 0.717) is 31.3 Å². The minimum absolute atomic E-state index is 0.0535. The third-order valence-electron chi connectivity index (χ3n) is 5.34. The first kappa shape index (κ1) is 17.3. The normalized spacial score (nSPS) is 21.0. The molecule has 1 saturated heterocycles. The summed E-state index contributed by atoms with van der Waals surface area (Å²) in [7, 11) is 1.90. The molecule has 2 aromatic heterocycles. The summed E-state index contributed by atoms with van der Waals surface area (Å²) in [5, 5.41) is 4.45. The van der Waals surface area contributed by atoms with E-state index in [1.54, 1.807) is 6.20 Å². The number of hydrogen-bond acceptors (Lipinski definition) is 4. The maximum absolute atomic E-state index is 12.9. The number of aryl methyl sites for hydroxylation is 1. The first-order valence-corrected chi connectivity index (χ1v) is 9.31. The van der Waals surface area contributed by atoms with Crippen molar-refractivity contribution in [3.05, 3.63) is 42.0 Å². The van der Waals surface area contributed by atoms with Crippen LogP contribution in [0, 0.1) is 5.92 Å². The third kappa shape index (κ3) is 3.54. The van der Waals surface area contributed by atoms with E-state index in [0.717, 1.165) is 38.4 Å². The topological polar surface area (TPSA) is 61.5 Å². The number of amides is 1. The quantitative estimate of drug-likeness (QED) is 0.819. The highest BCUT2D eigenvalue weighted by Gasteiger charge is 2.30. The van der Waals surface area contributed by atoms with Gasteiger partial charge in [-0.1, -0.05) is 0 Å². The monoisotopic (exact) mass is 358 g/mol. The first-order valence-electron chi connectivity index (χ1n) is 9.31. The van der Waals surface area contributed by atoms with E-state index < -0.39 is 0 Å². The average Bonchev–Trinajstić information content (AvgIpc) is 3.30. The lowest BCUT2D eigenvalue weighted by atomic mass is 10.0. The fourth-order valence-corrected chi connectivity index (χ4v) is 3.79. The van der Waals surface area contributed by atoms with Crippen molar-refractivity contribution >= 4 is 5.91 Å². The highest BCUT2D eigenvalue weighted by atomic mass is 16.5. The largest absolute Gasteiger partial charge is 0.381 e. The van der Waals surface area contributed by atoms with Gasteiger partial charge in [0.1, 0.15) is 5.69 Å². The fraction of sp³-hybridized carbons (Fsp3) is 0.579. The Morgan fingerprint density at radius 2 is 2.15 bits per heavy atom. The summed E-state index contributed by atoms with van der Waals surface area (Å²) in [5.74, 6) is 0.630. The van der Waals surface area contributed by atoms with Crippen LogP contribution in [-0.2, 0) is 23.1 Å². The third-order valence-corrected chi connectivity index (χ3v) is 5.34. The molecule has 4 heterocycles. The van der Waals surface area contributed by atoms with Gasteiger partial charge in [-0.25, -0.2) is 0 Å². The molecule has 0 aliphatic carbocycles. The second-order valence-electron chi connectivity index (χ2n) is 7.20. The Labute approximate surface area is 153 Å². The van der Waals surface area contributed by atoms with Gasteiger partial charge in [0.15, 0.2) is 0 Å². The zero-order chi connectivity index (χ0) is 17.9. The zero-order valence-corrected chi connectivity index (χ0v) is 15.2. The molecule has 0 saturated carbocycles. The van der Waals surface area contributed by atoms with Crippen LogP contribution in [0.15, 0.2) is 30.6 Å². The molecular formula is C19H26N4O3. The number of carbonyl (C=O) groups is 1. The second kappa shape index (κ2) is 7.63. The van der Waals surface area contributed by atoms with E-state index in [-0.39, 0.29) is 11.9 Å². The number of nitrogens with zero attached hydrogens (tertiary/aromatic N) is 4. The van der Waals surface area contributed by atoms with Gasteiger partial charge >= 0.3 is 0 Å². The van der Waals surface area contributed by atoms with Crippen LogP contribution in [0.3, 0.4) is 0 Å². The van der Waals surface area contributed by atoms with Gasteiger partial charge in [0.05, 0.1) is 24.9 Å². The summed E-state index contributed by atoms with van der Waals surface area (Å²) in [6.07, 6.45) is 5.83. The SMILES string of the molecule is Cn1cccc1C(=O)N1Cc2ccnn2C(COCC2CCOCC2)C1. The van der Waals surface area contributed by atoms with E-state index >= 15 is 0 Å². The van der Waals surface area contributed by atoms with Crippen LogP contribution >= 0.6 is 0 Å². The number of ether oxygens (including phenoxy) is 2. The van der Waals surface area contributed by atoms with Crippen molar-refractivity contribution in [1.29, 1.82) is 0 Å². The molecular weight excluding hydrogens is 332 g/mol.